The van der Waals surface area contributed by atoms with Gasteiger partial charge in [0.15, 0.2) is 0 Å². The highest BCUT2D eigenvalue weighted by atomic mass is 16.5. The summed E-state index contributed by atoms with van der Waals surface area (Å²) in [5.74, 6) is 0.689. The van der Waals surface area contributed by atoms with Gasteiger partial charge < -0.3 is 15.2 Å². The van der Waals surface area contributed by atoms with Gasteiger partial charge in [-0.2, -0.15) is 0 Å². The maximum atomic E-state index is 10.5. The third-order valence-electron chi connectivity index (χ3n) is 4.17. The molecule has 0 aliphatic carbocycles. The number of morpholine rings is 1. The molecule has 1 aliphatic rings. The van der Waals surface area contributed by atoms with Gasteiger partial charge in [-0.1, -0.05) is 38.1 Å². The Morgan fingerprint density at radius 3 is 2.39 bits per heavy atom. The van der Waals surface area contributed by atoms with E-state index < -0.39 is 5.60 Å². The maximum Gasteiger partial charge on any atom is 0.0869 e. The Morgan fingerprint density at radius 2 is 1.78 bits per heavy atom. The lowest BCUT2D eigenvalue weighted by Crippen LogP contribution is -2.50. The van der Waals surface area contributed by atoms with Crippen LogP contribution in [0.15, 0.2) is 24.3 Å². The van der Waals surface area contributed by atoms with Gasteiger partial charge in [0.05, 0.1) is 18.8 Å². The van der Waals surface area contributed by atoms with Gasteiger partial charge in [0, 0.05) is 32.7 Å². The zero-order chi connectivity index (χ0) is 16.7. The lowest BCUT2D eigenvalue weighted by molar-refractivity contribution is -0.0219. The van der Waals surface area contributed by atoms with Gasteiger partial charge >= 0.3 is 0 Å². The van der Waals surface area contributed by atoms with E-state index in [9.17, 15) is 5.11 Å². The molecule has 1 unspecified atom stereocenters. The quantitative estimate of drug-likeness (QED) is 0.769. The van der Waals surface area contributed by atoms with Crippen molar-refractivity contribution in [2.75, 3.05) is 39.4 Å². The standard InChI is InChI=1S/C19H32N2O2/c1-16(2)12-17-4-6-18(7-5-17)13-20-14-19(3,22)15-21-8-10-23-11-9-21/h4-7,16,20,22H,8-15H2,1-3H3. The molecule has 0 radical (unpaired) electrons. The largest absolute Gasteiger partial charge is 0.388 e. The SMILES string of the molecule is CC(C)Cc1ccc(CNCC(C)(O)CN2CCOCC2)cc1. The normalized spacial score (nSPS) is 19.0. The second kappa shape index (κ2) is 8.78. The van der Waals surface area contributed by atoms with Crippen LogP contribution >= 0.6 is 0 Å². The second-order valence-corrected chi connectivity index (χ2v) is 7.40. The summed E-state index contributed by atoms with van der Waals surface area (Å²) in [5.41, 5.74) is 1.94. The first-order chi connectivity index (χ1) is 10.9. The fraction of sp³-hybridized carbons (Fsp3) is 0.684. The van der Waals surface area contributed by atoms with Crippen molar-refractivity contribution in [3.05, 3.63) is 35.4 Å². The molecule has 1 aromatic rings. The first-order valence-corrected chi connectivity index (χ1v) is 8.76. The molecule has 1 atom stereocenters. The highest BCUT2D eigenvalue weighted by Gasteiger charge is 2.24. The molecule has 0 saturated carbocycles. The van der Waals surface area contributed by atoms with E-state index in [2.05, 4.69) is 48.3 Å². The van der Waals surface area contributed by atoms with Crippen LogP contribution in [0, 0.1) is 5.92 Å². The molecule has 1 aromatic carbocycles. The zero-order valence-electron chi connectivity index (χ0n) is 14.8. The molecule has 0 bridgehead atoms. The number of ether oxygens (including phenoxy) is 1. The van der Waals surface area contributed by atoms with E-state index in [-0.39, 0.29) is 0 Å². The molecule has 0 amide bonds. The summed E-state index contributed by atoms with van der Waals surface area (Å²) >= 11 is 0. The van der Waals surface area contributed by atoms with Crippen molar-refractivity contribution in [3.8, 4) is 0 Å². The zero-order valence-corrected chi connectivity index (χ0v) is 14.8. The van der Waals surface area contributed by atoms with E-state index in [1.165, 1.54) is 11.1 Å². The summed E-state index contributed by atoms with van der Waals surface area (Å²) in [5, 5.41) is 13.9. The molecule has 4 nitrogen and oxygen atoms in total. The van der Waals surface area contributed by atoms with Gasteiger partial charge in [0.1, 0.15) is 0 Å². The Bertz CT molecular complexity index is 451. The number of rotatable bonds is 8. The Labute approximate surface area is 140 Å². The Kier molecular flexibility index (Phi) is 7.03. The molecule has 1 heterocycles. The van der Waals surface area contributed by atoms with Gasteiger partial charge in [-0.05, 0) is 30.4 Å². The molecule has 2 rings (SSSR count). The second-order valence-electron chi connectivity index (χ2n) is 7.40. The summed E-state index contributed by atoms with van der Waals surface area (Å²) < 4.78 is 5.35. The summed E-state index contributed by atoms with van der Waals surface area (Å²) in [6.45, 7) is 11.8. The first kappa shape index (κ1) is 18.4. The average Bonchev–Trinajstić information content (AvgIpc) is 2.49. The highest BCUT2D eigenvalue weighted by Crippen LogP contribution is 2.11. The molecule has 2 N–H and O–H groups in total. The molecule has 1 fully saturated rings. The minimum absolute atomic E-state index is 0.595. The number of nitrogens with zero attached hydrogens (tertiary/aromatic N) is 1. The molecule has 0 spiro atoms. The lowest BCUT2D eigenvalue weighted by Gasteiger charge is -2.34. The summed E-state index contributed by atoms with van der Waals surface area (Å²) in [6, 6.07) is 8.79. The van der Waals surface area contributed by atoms with Gasteiger partial charge in [-0.3, -0.25) is 4.90 Å². The van der Waals surface area contributed by atoms with Crippen molar-refractivity contribution in [2.45, 2.75) is 39.3 Å². The van der Waals surface area contributed by atoms with Crippen LogP contribution in [-0.2, 0) is 17.7 Å². The third kappa shape index (κ3) is 7.00. The van der Waals surface area contributed by atoms with E-state index in [1.54, 1.807) is 0 Å². The van der Waals surface area contributed by atoms with Crippen molar-refractivity contribution >= 4 is 0 Å². The van der Waals surface area contributed by atoms with Gasteiger partial charge in [-0.25, -0.2) is 0 Å². The van der Waals surface area contributed by atoms with Crippen molar-refractivity contribution < 1.29 is 9.84 Å². The highest BCUT2D eigenvalue weighted by molar-refractivity contribution is 5.22. The number of benzene rings is 1. The number of hydrogen-bond donors (Lipinski definition) is 2. The number of hydrogen-bond acceptors (Lipinski definition) is 4. The van der Waals surface area contributed by atoms with E-state index >= 15 is 0 Å². The van der Waals surface area contributed by atoms with Crippen molar-refractivity contribution in [3.63, 3.8) is 0 Å². The smallest absolute Gasteiger partial charge is 0.0869 e. The van der Waals surface area contributed by atoms with Crippen molar-refractivity contribution in [2.24, 2.45) is 5.92 Å². The molecule has 23 heavy (non-hydrogen) atoms. The van der Waals surface area contributed by atoms with Crippen LogP contribution in [0.3, 0.4) is 0 Å². The van der Waals surface area contributed by atoms with Crippen molar-refractivity contribution in [1.82, 2.24) is 10.2 Å². The fourth-order valence-electron chi connectivity index (χ4n) is 3.04. The fourth-order valence-corrected chi connectivity index (χ4v) is 3.04. The van der Waals surface area contributed by atoms with E-state index in [1.807, 2.05) is 6.92 Å². The number of aliphatic hydroxyl groups is 1. The van der Waals surface area contributed by atoms with E-state index in [0.29, 0.717) is 19.0 Å². The minimum atomic E-state index is -0.713. The van der Waals surface area contributed by atoms with Crippen LogP contribution in [-0.4, -0.2) is 55.0 Å². The molecular weight excluding hydrogens is 288 g/mol. The Hall–Kier alpha value is -0.940. The summed E-state index contributed by atoms with van der Waals surface area (Å²) in [7, 11) is 0. The minimum Gasteiger partial charge on any atom is -0.388 e. The van der Waals surface area contributed by atoms with Crippen LogP contribution in [0.5, 0.6) is 0 Å². The van der Waals surface area contributed by atoms with Crippen LogP contribution in [0.25, 0.3) is 0 Å². The molecule has 0 aromatic heterocycles. The molecular formula is C19H32N2O2. The summed E-state index contributed by atoms with van der Waals surface area (Å²) in [4.78, 5) is 2.27. The molecule has 4 heteroatoms. The number of nitrogens with one attached hydrogen (secondary N) is 1. The van der Waals surface area contributed by atoms with Crippen LogP contribution in [0.2, 0.25) is 0 Å². The predicted octanol–water partition coefficient (Wildman–Crippen LogP) is 2.06. The average molecular weight is 320 g/mol. The molecule has 1 aliphatic heterocycles. The van der Waals surface area contributed by atoms with Crippen LogP contribution in [0.1, 0.15) is 31.9 Å². The van der Waals surface area contributed by atoms with Gasteiger partial charge in [0.2, 0.25) is 0 Å². The molecule has 130 valence electrons. The third-order valence-corrected chi connectivity index (χ3v) is 4.17. The van der Waals surface area contributed by atoms with Gasteiger partial charge in [0.25, 0.3) is 0 Å². The van der Waals surface area contributed by atoms with Crippen molar-refractivity contribution in [1.29, 1.82) is 0 Å². The number of β-amino-alcohol motifs (C(OH)–C–C–N with tert-alkyl or cyclic N) is 1. The Balaban J connectivity index is 1.72. The van der Waals surface area contributed by atoms with Gasteiger partial charge in [-0.15, -0.1) is 0 Å². The van der Waals surface area contributed by atoms with Crippen LogP contribution in [0.4, 0.5) is 0 Å². The summed E-state index contributed by atoms with van der Waals surface area (Å²) in [6.07, 6.45) is 1.13. The lowest BCUT2D eigenvalue weighted by atomic mass is 10.0. The predicted molar refractivity (Wildman–Crippen MR) is 94.6 cm³/mol. The van der Waals surface area contributed by atoms with Crippen LogP contribution < -0.4 is 5.32 Å². The van der Waals surface area contributed by atoms with E-state index in [0.717, 1.165) is 39.3 Å². The first-order valence-electron chi connectivity index (χ1n) is 8.76. The van der Waals surface area contributed by atoms with E-state index in [4.69, 9.17) is 4.74 Å². The topological polar surface area (TPSA) is 44.7 Å². The molecule has 1 saturated heterocycles. The Morgan fingerprint density at radius 1 is 1.17 bits per heavy atom. The monoisotopic (exact) mass is 320 g/mol. The maximum absolute atomic E-state index is 10.5.